The van der Waals surface area contributed by atoms with Crippen LogP contribution in [-0.2, 0) is 19.1 Å². The largest absolute Gasteiger partial charge is 0.456 e. The van der Waals surface area contributed by atoms with Crippen LogP contribution < -0.4 is 16.2 Å². The Kier molecular flexibility index (Phi) is 9.20. The highest BCUT2D eigenvalue weighted by molar-refractivity contribution is 9.10. The molecule has 2 aromatic rings. The Bertz CT molecular complexity index is 963. The van der Waals surface area contributed by atoms with E-state index in [9.17, 15) is 19.2 Å². The molecule has 31 heavy (non-hydrogen) atoms. The number of anilines is 1. The quantitative estimate of drug-likeness (QED) is 0.389. The summed E-state index contributed by atoms with van der Waals surface area (Å²) in [5.41, 5.74) is 7.58. The lowest BCUT2D eigenvalue weighted by atomic mass is 10.1. The molecule has 3 amide bonds. The predicted molar refractivity (Wildman–Crippen MR) is 119 cm³/mol. The van der Waals surface area contributed by atoms with Crippen LogP contribution >= 0.6 is 15.9 Å². The van der Waals surface area contributed by atoms with Gasteiger partial charge in [-0.1, -0.05) is 34.1 Å². The van der Waals surface area contributed by atoms with Gasteiger partial charge in [0.15, 0.2) is 6.61 Å². The molecular weight excluding hydrogens is 466 g/mol. The van der Waals surface area contributed by atoms with Gasteiger partial charge in [0.2, 0.25) is 5.91 Å². The summed E-state index contributed by atoms with van der Waals surface area (Å²) in [7, 11) is 0. The monoisotopic (exact) mass is 489 g/mol. The number of esters is 1. The second-order valence-electron chi connectivity index (χ2n) is 6.78. The van der Waals surface area contributed by atoms with Gasteiger partial charge in [-0.15, -0.1) is 0 Å². The number of hydrazine groups is 1. The van der Waals surface area contributed by atoms with Crippen LogP contribution in [0.3, 0.4) is 0 Å². The smallest absolute Gasteiger partial charge is 0.306 e. The third-order valence-electron chi connectivity index (χ3n) is 4.50. The third-order valence-corrected chi connectivity index (χ3v) is 5.35. The van der Waals surface area contributed by atoms with Gasteiger partial charge in [-0.05, 0) is 55.7 Å². The van der Waals surface area contributed by atoms with Crippen LogP contribution in [0.15, 0.2) is 46.9 Å². The number of ether oxygens (including phenoxy) is 1. The molecule has 9 heteroatoms. The first-order valence-electron chi connectivity index (χ1n) is 9.63. The maximum absolute atomic E-state index is 12.0. The Morgan fingerprint density at radius 2 is 1.58 bits per heavy atom. The van der Waals surface area contributed by atoms with Gasteiger partial charge in [0.05, 0.1) is 0 Å². The van der Waals surface area contributed by atoms with E-state index in [1.807, 2.05) is 19.9 Å². The molecule has 0 aromatic heterocycles. The Morgan fingerprint density at radius 1 is 0.871 bits per heavy atom. The first kappa shape index (κ1) is 24.1. The molecular formula is C22H24BrN3O5. The van der Waals surface area contributed by atoms with Crippen molar-refractivity contribution in [2.24, 2.45) is 0 Å². The molecule has 0 bridgehead atoms. The molecule has 0 radical (unpaired) electrons. The summed E-state index contributed by atoms with van der Waals surface area (Å²) in [5.74, 6) is -1.90. The van der Waals surface area contributed by atoms with Crippen molar-refractivity contribution in [2.75, 3.05) is 11.9 Å². The molecule has 0 aliphatic carbocycles. The van der Waals surface area contributed by atoms with E-state index in [0.717, 1.165) is 15.6 Å². The van der Waals surface area contributed by atoms with E-state index in [2.05, 4.69) is 32.1 Å². The molecule has 0 saturated carbocycles. The molecule has 2 aromatic carbocycles. The van der Waals surface area contributed by atoms with E-state index in [1.165, 1.54) is 0 Å². The standard InChI is InChI=1S/C22H24BrN3O5/c1-14-15(2)18(12-11-17(14)23)24-20(28)13-31-21(29)10-6-9-19(27)25-26-22(30)16-7-4-3-5-8-16/h3-5,7-8,11-12H,6,9-10,13H2,1-2H3,(H,24,28)(H,25,27)(H,26,30). The zero-order valence-corrected chi connectivity index (χ0v) is 18.9. The molecule has 0 heterocycles. The molecule has 0 fully saturated rings. The number of halogens is 1. The Labute approximate surface area is 188 Å². The van der Waals surface area contributed by atoms with Crippen LogP contribution in [0, 0.1) is 13.8 Å². The Morgan fingerprint density at radius 3 is 2.29 bits per heavy atom. The van der Waals surface area contributed by atoms with E-state index < -0.39 is 30.3 Å². The average Bonchev–Trinajstić information content (AvgIpc) is 2.77. The van der Waals surface area contributed by atoms with Gasteiger partial charge in [-0.2, -0.15) is 0 Å². The SMILES string of the molecule is Cc1c(Br)ccc(NC(=O)COC(=O)CCCC(=O)NNC(=O)c2ccccc2)c1C. The zero-order chi connectivity index (χ0) is 22.8. The van der Waals surface area contributed by atoms with E-state index in [1.54, 1.807) is 36.4 Å². The van der Waals surface area contributed by atoms with Crippen LogP contribution in [-0.4, -0.2) is 30.3 Å². The maximum atomic E-state index is 12.0. The topological polar surface area (TPSA) is 114 Å². The minimum atomic E-state index is -0.583. The number of rotatable bonds is 8. The lowest BCUT2D eigenvalue weighted by molar-refractivity contribution is -0.147. The molecule has 0 aliphatic rings. The number of amides is 3. The van der Waals surface area contributed by atoms with Gasteiger partial charge in [0.25, 0.3) is 11.8 Å². The summed E-state index contributed by atoms with van der Waals surface area (Å²) in [6.07, 6.45) is 0.218. The number of hydrogen-bond donors (Lipinski definition) is 3. The van der Waals surface area contributed by atoms with Gasteiger partial charge in [-0.3, -0.25) is 30.0 Å². The van der Waals surface area contributed by atoms with Crippen LogP contribution in [0.2, 0.25) is 0 Å². The zero-order valence-electron chi connectivity index (χ0n) is 17.3. The van der Waals surface area contributed by atoms with Gasteiger partial charge in [0.1, 0.15) is 0 Å². The van der Waals surface area contributed by atoms with E-state index >= 15 is 0 Å². The fourth-order valence-corrected chi connectivity index (χ4v) is 3.00. The summed E-state index contributed by atoms with van der Waals surface area (Å²) >= 11 is 3.43. The summed E-state index contributed by atoms with van der Waals surface area (Å²) in [5, 5.41) is 2.71. The minimum Gasteiger partial charge on any atom is -0.456 e. The van der Waals surface area contributed by atoms with Crippen molar-refractivity contribution < 1.29 is 23.9 Å². The number of nitrogens with one attached hydrogen (secondary N) is 3. The molecule has 0 atom stereocenters. The summed E-state index contributed by atoms with van der Waals surface area (Å²) < 4.78 is 5.89. The summed E-state index contributed by atoms with van der Waals surface area (Å²) in [4.78, 5) is 47.4. The average molecular weight is 490 g/mol. The van der Waals surface area contributed by atoms with Crippen molar-refractivity contribution in [1.29, 1.82) is 0 Å². The molecule has 0 aliphatic heterocycles. The van der Waals surface area contributed by atoms with Crippen LogP contribution in [0.1, 0.15) is 40.7 Å². The van der Waals surface area contributed by atoms with Crippen molar-refractivity contribution in [1.82, 2.24) is 10.9 Å². The fourth-order valence-electron chi connectivity index (χ4n) is 2.57. The molecule has 3 N–H and O–H groups in total. The summed E-state index contributed by atoms with van der Waals surface area (Å²) in [6, 6.07) is 12.0. The normalized spacial score (nSPS) is 10.2. The van der Waals surface area contributed by atoms with Crippen LogP contribution in [0.4, 0.5) is 5.69 Å². The first-order valence-corrected chi connectivity index (χ1v) is 10.4. The van der Waals surface area contributed by atoms with Gasteiger partial charge in [0, 0.05) is 28.6 Å². The molecule has 2 rings (SSSR count). The van der Waals surface area contributed by atoms with E-state index in [-0.39, 0.29) is 19.3 Å². The Balaban J connectivity index is 1.63. The number of carbonyl (C=O) groups excluding carboxylic acids is 4. The van der Waals surface area contributed by atoms with E-state index in [4.69, 9.17) is 4.74 Å². The second-order valence-corrected chi connectivity index (χ2v) is 7.63. The van der Waals surface area contributed by atoms with Crippen molar-refractivity contribution in [3.8, 4) is 0 Å². The van der Waals surface area contributed by atoms with Gasteiger partial charge >= 0.3 is 5.97 Å². The Hall–Kier alpha value is -3.20. The van der Waals surface area contributed by atoms with E-state index in [0.29, 0.717) is 11.3 Å². The third kappa shape index (κ3) is 7.86. The lowest BCUT2D eigenvalue weighted by Crippen LogP contribution is -2.41. The molecule has 164 valence electrons. The van der Waals surface area contributed by atoms with Crippen LogP contribution in [0.5, 0.6) is 0 Å². The molecule has 0 spiro atoms. The summed E-state index contributed by atoms with van der Waals surface area (Å²) in [6.45, 7) is 3.40. The molecule has 8 nitrogen and oxygen atoms in total. The fraction of sp³-hybridized carbons (Fsp3) is 0.273. The van der Waals surface area contributed by atoms with Gasteiger partial charge in [-0.25, -0.2) is 0 Å². The second kappa shape index (κ2) is 11.8. The minimum absolute atomic E-state index is 0.0216. The highest BCUT2D eigenvalue weighted by atomic mass is 79.9. The van der Waals surface area contributed by atoms with Crippen molar-refractivity contribution >= 4 is 45.3 Å². The highest BCUT2D eigenvalue weighted by Gasteiger charge is 2.12. The van der Waals surface area contributed by atoms with Crippen LogP contribution in [0.25, 0.3) is 0 Å². The van der Waals surface area contributed by atoms with Crippen molar-refractivity contribution in [3.63, 3.8) is 0 Å². The number of hydrogen-bond acceptors (Lipinski definition) is 5. The lowest BCUT2D eigenvalue weighted by Gasteiger charge is -2.12. The maximum Gasteiger partial charge on any atom is 0.306 e. The first-order chi connectivity index (χ1) is 14.8. The number of carbonyl (C=O) groups is 4. The highest BCUT2D eigenvalue weighted by Crippen LogP contribution is 2.25. The molecule has 0 unspecified atom stereocenters. The number of benzene rings is 2. The predicted octanol–water partition coefficient (Wildman–Crippen LogP) is 3.18. The molecule has 0 saturated heterocycles. The van der Waals surface area contributed by atoms with Crippen molar-refractivity contribution in [2.45, 2.75) is 33.1 Å². The van der Waals surface area contributed by atoms with Gasteiger partial charge < -0.3 is 10.1 Å². The van der Waals surface area contributed by atoms with Crippen molar-refractivity contribution in [3.05, 3.63) is 63.6 Å².